The lowest BCUT2D eigenvalue weighted by Crippen LogP contribution is -1.87. The van der Waals surface area contributed by atoms with Crippen molar-refractivity contribution in [2.45, 2.75) is 4.90 Å². The molecule has 0 aliphatic carbocycles. The molecular weight excluding hydrogens is 263 g/mol. The fourth-order valence-electron chi connectivity index (χ4n) is 0.529. The van der Waals surface area contributed by atoms with Gasteiger partial charge in [0.1, 0.15) is 0 Å². The number of halogens is 1. The first-order valence-electron chi connectivity index (χ1n) is 2.52. The topological polar surface area (TPSA) is 34.1 Å². The minimum absolute atomic E-state index is 0.232. The van der Waals surface area contributed by atoms with E-state index in [1.165, 1.54) is 27.3 Å². The van der Waals surface area contributed by atoms with Crippen LogP contribution in [0.3, 0.4) is 0 Å². The summed E-state index contributed by atoms with van der Waals surface area (Å²) >= 11 is 1.38. The minimum atomic E-state index is -3.09. The lowest BCUT2D eigenvalue weighted by atomic mass is 10.4. The summed E-state index contributed by atoms with van der Waals surface area (Å²) in [6.45, 7) is 0. The molecule has 0 saturated carbocycles. The zero-order valence-corrected chi connectivity index (χ0v) is 7.89. The van der Waals surface area contributed by atoms with Crippen molar-refractivity contribution in [1.29, 1.82) is 0 Å². The molecule has 0 saturated heterocycles. The van der Waals surface area contributed by atoms with E-state index in [4.69, 9.17) is 0 Å². The molecule has 0 aliphatic rings. The Labute approximate surface area is 71.8 Å². The Balaban J connectivity index is 3.22. The van der Waals surface area contributed by atoms with E-state index in [9.17, 15) is 8.42 Å². The van der Waals surface area contributed by atoms with Crippen molar-refractivity contribution >= 4 is 28.2 Å². The van der Waals surface area contributed by atoms with Crippen LogP contribution in [0.5, 0.6) is 0 Å². The highest BCUT2D eigenvalue weighted by atomic mass is 127. The van der Waals surface area contributed by atoms with E-state index in [0.717, 1.165) is 0 Å². The van der Waals surface area contributed by atoms with Gasteiger partial charge in [-0.2, -0.15) is 0 Å². The molecule has 0 amide bonds. The highest BCUT2D eigenvalue weighted by molar-refractivity contribution is 14.2. The highest BCUT2D eigenvalue weighted by Crippen LogP contribution is 2.14. The van der Waals surface area contributed by atoms with Crippen LogP contribution < -0.4 is 0 Å². The van der Waals surface area contributed by atoms with Crippen molar-refractivity contribution in [2.75, 3.05) is 0 Å². The van der Waals surface area contributed by atoms with Crippen LogP contribution in [0.4, 0.5) is 0 Å². The van der Waals surface area contributed by atoms with E-state index in [0.29, 0.717) is 0 Å². The van der Waals surface area contributed by atoms with Gasteiger partial charge in [-0.3, -0.25) is 0 Å². The third-order valence-electron chi connectivity index (χ3n) is 0.943. The number of hydrogen-bond acceptors (Lipinski definition) is 2. The molecule has 1 aromatic carbocycles. The molecule has 1 rings (SSSR count). The Morgan fingerprint density at radius 2 is 2.10 bits per heavy atom. The second-order valence-electron chi connectivity index (χ2n) is 1.66. The average molecular weight is 267 g/mol. The number of rotatable bonds is 1. The molecule has 0 aliphatic heterocycles. The van der Waals surface area contributed by atoms with Crippen LogP contribution in [0.1, 0.15) is 0 Å². The second-order valence-corrected chi connectivity index (χ2v) is 6.46. The smallest absolute Gasteiger partial charge is 0.213 e. The van der Waals surface area contributed by atoms with Gasteiger partial charge in [0.2, 0.25) is 7.01 Å². The van der Waals surface area contributed by atoms with Gasteiger partial charge in [-0.1, -0.05) is 18.2 Å². The highest BCUT2D eigenvalue weighted by Gasteiger charge is 2.06. The largest absolute Gasteiger partial charge is 0.231 e. The standard InChI is InChI=1S/C6H4IO2S/c7-10(8,9)6-4-2-1-3-5-6/h1-4H. The first kappa shape index (κ1) is 8.00. The SMILES string of the molecule is O=S(=O)(I)c1[c]cccc1. The first-order valence-corrected chi connectivity index (χ1v) is 6.55. The van der Waals surface area contributed by atoms with Gasteiger partial charge in [0, 0.05) is 6.07 Å². The predicted molar refractivity (Wildman–Crippen MR) is 46.5 cm³/mol. The molecule has 0 fully saturated rings. The maximum absolute atomic E-state index is 10.8. The van der Waals surface area contributed by atoms with E-state index in [-0.39, 0.29) is 4.90 Å². The van der Waals surface area contributed by atoms with Gasteiger partial charge >= 0.3 is 0 Å². The summed E-state index contributed by atoms with van der Waals surface area (Å²) in [6.07, 6.45) is 0. The normalized spacial score (nSPS) is 11.3. The van der Waals surface area contributed by atoms with Crippen LogP contribution >= 0.6 is 21.2 Å². The maximum atomic E-state index is 10.8. The Morgan fingerprint density at radius 1 is 1.40 bits per heavy atom. The average Bonchev–Trinajstić information content (AvgIpc) is 1.88. The van der Waals surface area contributed by atoms with Crippen LogP contribution in [0.2, 0.25) is 0 Å². The fraction of sp³-hybridized carbons (Fsp3) is 0. The summed E-state index contributed by atoms with van der Waals surface area (Å²) in [5, 5.41) is 0. The molecule has 0 aromatic heterocycles. The van der Waals surface area contributed by atoms with Gasteiger partial charge in [0.05, 0.1) is 26.1 Å². The van der Waals surface area contributed by atoms with Crippen LogP contribution in [0, 0.1) is 6.07 Å². The van der Waals surface area contributed by atoms with Gasteiger partial charge in [0.15, 0.2) is 0 Å². The van der Waals surface area contributed by atoms with Gasteiger partial charge < -0.3 is 0 Å². The third kappa shape index (κ3) is 1.95. The Hall–Kier alpha value is -0.100. The van der Waals surface area contributed by atoms with Crippen molar-refractivity contribution in [3.63, 3.8) is 0 Å². The van der Waals surface area contributed by atoms with E-state index < -0.39 is 7.01 Å². The molecule has 2 nitrogen and oxygen atoms in total. The molecule has 0 atom stereocenters. The quantitative estimate of drug-likeness (QED) is 0.572. The summed E-state index contributed by atoms with van der Waals surface area (Å²) in [5.74, 6) is 0. The molecule has 0 bridgehead atoms. The van der Waals surface area contributed by atoms with E-state index in [1.807, 2.05) is 0 Å². The molecule has 0 unspecified atom stereocenters. The van der Waals surface area contributed by atoms with Crippen molar-refractivity contribution in [1.82, 2.24) is 0 Å². The number of hydrogen-bond donors (Lipinski definition) is 0. The summed E-state index contributed by atoms with van der Waals surface area (Å²) in [7, 11) is -3.09. The molecule has 0 heterocycles. The minimum Gasteiger partial charge on any atom is -0.213 e. The van der Waals surface area contributed by atoms with Gasteiger partial charge in [-0.25, -0.2) is 8.42 Å². The molecular formula is C6H4IO2S. The van der Waals surface area contributed by atoms with Crippen molar-refractivity contribution in [3.05, 3.63) is 30.3 Å². The molecule has 10 heavy (non-hydrogen) atoms. The van der Waals surface area contributed by atoms with E-state index in [1.54, 1.807) is 18.2 Å². The molecule has 1 aromatic rings. The zero-order chi connectivity index (χ0) is 7.61. The molecule has 1 radical (unpaired) electrons. The Kier molecular flexibility index (Phi) is 2.30. The predicted octanol–water partition coefficient (Wildman–Crippen LogP) is 1.61. The van der Waals surface area contributed by atoms with Crippen LogP contribution in [0.15, 0.2) is 29.2 Å². The number of benzene rings is 1. The van der Waals surface area contributed by atoms with Crippen molar-refractivity contribution < 1.29 is 8.42 Å². The van der Waals surface area contributed by atoms with Crippen molar-refractivity contribution in [2.24, 2.45) is 0 Å². The molecule has 0 N–H and O–H groups in total. The van der Waals surface area contributed by atoms with E-state index in [2.05, 4.69) is 6.07 Å². The van der Waals surface area contributed by atoms with Crippen molar-refractivity contribution in [3.8, 4) is 0 Å². The maximum Gasteiger partial charge on any atom is 0.231 e. The summed E-state index contributed by atoms with van der Waals surface area (Å²) in [4.78, 5) is 0.232. The van der Waals surface area contributed by atoms with Gasteiger partial charge in [-0.15, -0.1) is 0 Å². The fourth-order valence-corrected chi connectivity index (χ4v) is 1.80. The first-order chi connectivity index (χ1) is 4.61. The van der Waals surface area contributed by atoms with Crippen LogP contribution in [-0.4, -0.2) is 8.42 Å². The Morgan fingerprint density at radius 3 is 2.40 bits per heavy atom. The second kappa shape index (κ2) is 2.87. The van der Waals surface area contributed by atoms with Gasteiger partial charge in [-0.05, 0) is 6.07 Å². The van der Waals surface area contributed by atoms with Crippen LogP contribution in [0.25, 0.3) is 0 Å². The Bertz CT molecular complexity index is 304. The van der Waals surface area contributed by atoms with Crippen LogP contribution in [-0.2, 0) is 7.01 Å². The lowest BCUT2D eigenvalue weighted by Gasteiger charge is -1.90. The summed E-state index contributed by atoms with van der Waals surface area (Å²) in [6, 6.07) is 9.10. The van der Waals surface area contributed by atoms with E-state index >= 15 is 0 Å². The molecule has 0 spiro atoms. The molecule has 4 heteroatoms. The molecule has 53 valence electrons. The summed E-state index contributed by atoms with van der Waals surface area (Å²) in [5.41, 5.74) is 0. The monoisotopic (exact) mass is 267 g/mol. The zero-order valence-electron chi connectivity index (χ0n) is 4.91. The van der Waals surface area contributed by atoms with Gasteiger partial charge in [0.25, 0.3) is 0 Å². The summed E-state index contributed by atoms with van der Waals surface area (Å²) < 4.78 is 21.6. The lowest BCUT2D eigenvalue weighted by molar-refractivity contribution is 0.612. The third-order valence-corrected chi connectivity index (χ3v) is 3.15.